The summed E-state index contributed by atoms with van der Waals surface area (Å²) in [5.74, 6) is -1.04. The molecule has 0 aromatic heterocycles. The molecule has 1 aromatic carbocycles. The van der Waals surface area contributed by atoms with Gasteiger partial charge in [0.25, 0.3) is 0 Å². The molecule has 1 unspecified atom stereocenters. The maximum absolute atomic E-state index is 10.8. The van der Waals surface area contributed by atoms with Crippen LogP contribution < -0.4 is 34.7 Å². The van der Waals surface area contributed by atoms with E-state index in [0.29, 0.717) is 5.56 Å². The van der Waals surface area contributed by atoms with Crippen molar-refractivity contribution in [3.8, 4) is 5.75 Å². The van der Waals surface area contributed by atoms with Crippen LogP contribution in [0.3, 0.4) is 0 Å². The Morgan fingerprint density at radius 3 is 2.13 bits per heavy atom. The number of likely N-dealkylation sites (N-methyl/N-ethyl adjacent to an activating group) is 1. The fraction of sp³-hybridized carbons (Fsp3) is 0.300. The van der Waals surface area contributed by atoms with E-state index in [1.54, 1.807) is 31.1 Å². The third-order valence-electron chi connectivity index (χ3n) is 1.95. The summed E-state index contributed by atoms with van der Waals surface area (Å²) in [6.07, 6.45) is 0. The minimum atomic E-state index is -1.15. The van der Waals surface area contributed by atoms with Gasteiger partial charge in [0.2, 0.25) is 0 Å². The summed E-state index contributed by atoms with van der Waals surface area (Å²) in [6.45, 7) is 0. The van der Waals surface area contributed by atoms with Crippen LogP contribution >= 0.6 is 0 Å². The smallest absolute Gasteiger partial charge is 0.548 e. The van der Waals surface area contributed by atoms with Crippen molar-refractivity contribution in [2.75, 3.05) is 14.1 Å². The molecule has 76 valence electrons. The Kier molecular flexibility index (Phi) is 5.90. The maximum Gasteiger partial charge on any atom is 1.00 e. The molecule has 0 heterocycles. The number of carbonyl (C=O) groups is 1. The summed E-state index contributed by atoms with van der Waals surface area (Å²) in [6, 6.07) is 5.26. The van der Waals surface area contributed by atoms with E-state index in [1.807, 2.05) is 0 Å². The molecule has 0 radical (unpaired) electrons. The molecule has 0 saturated carbocycles. The largest absolute Gasteiger partial charge is 1.00 e. The summed E-state index contributed by atoms with van der Waals surface area (Å²) >= 11 is 0. The monoisotopic (exact) mass is 217 g/mol. The van der Waals surface area contributed by atoms with Crippen molar-refractivity contribution in [1.82, 2.24) is 4.90 Å². The van der Waals surface area contributed by atoms with E-state index in [2.05, 4.69) is 0 Å². The van der Waals surface area contributed by atoms with E-state index in [1.165, 1.54) is 12.1 Å². The van der Waals surface area contributed by atoms with Gasteiger partial charge in [-0.3, -0.25) is 4.90 Å². The first-order valence-corrected chi connectivity index (χ1v) is 4.18. The third kappa shape index (κ3) is 3.83. The van der Waals surface area contributed by atoms with E-state index in [0.717, 1.165) is 0 Å². The van der Waals surface area contributed by atoms with Crippen LogP contribution in [0.15, 0.2) is 24.3 Å². The van der Waals surface area contributed by atoms with Crippen LogP contribution in [0.25, 0.3) is 0 Å². The molecule has 0 saturated heterocycles. The van der Waals surface area contributed by atoms with Gasteiger partial charge in [-0.2, -0.15) is 0 Å². The predicted molar refractivity (Wildman–Crippen MR) is 49.5 cm³/mol. The zero-order valence-electron chi connectivity index (χ0n) is 9.10. The van der Waals surface area contributed by atoms with Crippen LogP contribution in [-0.4, -0.2) is 30.1 Å². The molecule has 1 rings (SSSR count). The normalized spacial score (nSPS) is 11.9. The van der Waals surface area contributed by atoms with E-state index in [-0.39, 0.29) is 35.3 Å². The number of carbonyl (C=O) groups excluding carboxylic acids is 1. The molecule has 4 nitrogen and oxygen atoms in total. The molecule has 0 aliphatic rings. The quantitative estimate of drug-likeness (QED) is 0.540. The first-order chi connectivity index (χ1) is 6.52. The number of aliphatic carboxylic acids is 1. The average Bonchev–Trinajstić information content (AvgIpc) is 2.07. The minimum absolute atomic E-state index is 0. The van der Waals surface area contributed by atoms with Gasteiger partial charge in [0.05, 0.1) is 12.0 Å². The number of nitrogens with zero attached hydrogens (tertiary/aromatic N) is 1. The summed E-state index contributed by atoms with van der Waals surface area (Å²) in [4.78, 5) is 12.4. The molecular formula is C10H12NNaO3. The Labute approximate surface area is 111 Å². The van der Waals surface area contributed by atoms with Crippen molar-refractivity contribution in [1.29, 1.82) is 0 Å². The van der Waals surface area contributed by atoms with Gasteiger partial charge in [0, 0.05) is 0 Å². The number of benzene rings is 1. The van der Waals surface area contributed by atoms with Crippen molar-refractivity contribution in [2.24, 2.45) is 0 Å². The molecule has 0 amide bonds. The van der Waals surface area contributed by atoms with Crippen LogP contribution in [0.2, 0.25) is 0 Å². The molecule has 0 bridgehead atoms. The SMILES string of the molecule is CN(C)C(C(=O)[O-])c1ccc(O)cc1.[Na+]. The third-order valence-corrected chi connectivity index (χ3v) is 1.95. The van der Waals surface area contributed by atoms with Crippen molar-refractivity contribution < 1.29 is 44.6 Å². The number of aromatic hydroxyl groups is 1. The zero-order chi connectivity index (χ0) is 10.7. The molecule has 1 atom stereocenters. The van der Waals surface area contributed by atoms with E-state index >= 15 is 0 Å². The molecule has 0 aliphatic carbocycles. The van der Waals surface area contributed by atoms with Crippen molar-refractivity contribution in [2.45, 2.75) is 6.04 Å². The first kappa shape index (κ1) is 14.5. The summed E-state index contributed by atoms with van der Waals surface area (Å²) in [5, 5.41) is 19.9. The van der Waals surface area contributed by atoms with Gasteiger partial charge in [0.15, 0.2) is 0 Å². The standard InChI is InChI=1S/C10H13NO3.Na/c1-11(2)9(10(13)14)7-3-5-8(12)6-4-7;/h3-6,9,12H,1-2H3,(H,13,14);/q;+1/p-1. The molecule has 5 heteroatoms. The number of carboxylic acids is 1. The minimum Gasteiger partial charge on any atom is -0.548 e. The van der Waals surface area contributed by atoms with Gasteiger partial charge in [-0.15, -0.1) is 0 Å². The van der Waals surface area contributed by atoms with Crippen molar-refractivity contribution >= 4 is 5.97 Å². The van der Waals surface area contributed by atoms with Crippen molar-refractivity contribution in [3.05, 3.63) is 29.8 Å². The Morgan fingerprint density at radius 2 is 1.80 bits per heavy atom. The zero-order valence-corrected chi connectivity index (χ0v) is 11.1. The van der Waals surface area contributed by atoms with Crippen LogP contribution in [0, 0.1) is 0 Å². The van der Waals surface area contributed by atoms with Crippen LogP contribution in [0.1, 0.15) is 11.6 Å². The van der Waals surface area contributed by atoms with Crippen LogP contribution in [-0.2, 0) is 4.79 Å². The fourth-order valence-electron chi connectivity index (χ4n) is 1.30. The summed E-state index contributed by atoms with van der Waals surface area (Å²) in [5.41, 5.74) is 0.591. The predicted octanol–water partition coefficient (Wildman–Crippen LogP) is -3.25. The second-order valence-electron chi connectivity index (χ2n) is 3.28. The molecule has 0 spiro atoms. The maximum atomic E-state index is 10.8. The molecule has 15 heavy (non-hydrogen) atoms. The van der Waals surface area contributed by atoms with Crippen LogP contribution in [0.4, 0.5) is 0 Å². The summed E-state index contributed by atoms with van der Waals surface area (Å²) in [7, 11) is 3.32. The Hall–Kier alpha value is -0.550. The number of phenols is 1. The van der Waals surface area contributed by atoms with Gasteiger partial charge in [-0.05, 0) is 31.8 Å². The Morgan fingerprint density at radius 1 is 1.33 bits per heavy atom. The number of hydrogen-bond acceptors (Lipinski definition) is 4. The number of phenolic OH excluding ortho intramolecular Hbond substituents is 1. The second-order valence-corrected chi connectivity index (χ2v) is 3.28. The van der Waals surface area contributed by atoms with E-state index < -0.39 is 12.0 Å². The van der Waals surface area contributed by atoms with Gasteiger partial charge in [-0.1, -0.05) is 12.1 Å². The topological polar surface area (TPSA) is 63.6 Å². The van der Waals surface area contributed by atoms with Gasteiger partial charge in [-0.25, -0.2) is 0 Å². The molecular weight excluding hydrogens is 205 g/mol. The van der Waals surface area contributed by atoms with Gasteiger partial charge >= 0.3 is 29.6 Å². The molecule has 0 fully saturated rings. The number of hydrogen-bond donors (Lipinski definition) is 1. The van der Waals surface area contributed by atoms with Crippen LogP contribution in [0.5, 0.6) is 5.75 Å². The summed E-state index contributed by atoms with van der Waals surface area (Å²) < 4.78 is 0. The fourth-order valence-corrected chi connectivity index (χ4v) is 1.30. The van der Waals surface area contributed by atoms with Crippen molar-refractivity contribution in [3.63, 3.8) is 0 Å². The van der Waals surface area contributed by atoms with E-state index in [9.17, 15) is 9.90 Å². The Bertz CT molecular complexity index is 324. The second kappa shape index (κ2) is 6.12. The first-order valence-electron chi connectivity index (χ1n) is 4.18. The Balaban J connectivity index is 0.00000196. The van der Waals surface area contributed by atoms with E-state index in [4.69, 9.17) is 5.11 Å². The molecule has 1 N–H and O–H groups in total. The van der Waals surface area contributed by atoms with Gasteiger partial charge < -0.3 is 15.0 Å². The number of rotatable bonds is 3. The molecule has 1 aromatic rings. The number of carboxylic acid groups (broad SMARTS) is 1. The molecule has 0 aliphatic heterocycles. The van der Waals surface area contributed by atoms with Gasteiger partial charge in [0.1, 0.15) is 5.75 Å². The average molecular weight is 217 g/mol.